The van der Waals surface area contributed by atoms with Crippen LogP contribution in [0.5, 0.6) is 5.75 Å². The first-order chi connectivity index (χ1) is 19.0. The first-order valence-corrected chi connectivity index (χ1v) is 14.6. The molecule has 3 aromatic rings. The molecule has 10 nitrogen and oxygen atoms in total. The van der Waals surface area contributed by atoms with Gasteiger partial charge in [0.15, 0.2) is 17.0 Å². The number of nitrogens with zero attached hydrogens (tertiary/aromatic N) is 5. The number of carbonyl (C=O) groups is 1. The van der Waals surface area contributed by atoms with Gasteiger partial charge in [-0.05, 0) is 70.4 Å². The number of likely N-dealkylation sites (tertiary alicyclic amines) is 1. The zero-order chi connectivity index (χ0) is 26.8. The minimum Gasteiger partial charge on any atom is -0.410 e. The molecule has 39 heavy (non-hydrogen) atoms. The fourth-order valence-corrected chi connectivity index (χ4v) is 6.15. The molecule has 2 aromatic heterocycles. The van der Waals surface area contributed by atoms with Crippen LogP contribution in [0.4, 0.5) is 16.6 Å². The van der Waals surface area contributed by atoms with Gasteiger partial charge in [0.05, 0.1) is 6.33 Å². The molecule has 3 heterocycles. The van der Waals surface area contributed by atoms with Crippen LogP contribution >= 0.6 is 0 Å². The molecule has 2 saturated carbocycles. The number of imidazole rings is 1. The molecule has 2 aliphatic carbocycles. The number of fused-ring (bicyclic) bond motifs is 1. The van der Waals surface area contributed by atoms with E-state index in [1.807, 2.05) is 37.5 Å². The third kappa shape index (κ3) is 5.95. The molecule has 4 N–H and O–H groups in total. The van der Waals surface area contributed by atoms with Crippen molar-refractivity contribution in [1.82, 2.24) is 24.4 Å². The van der Waals surface area contributed by atoms with Gasteiger partial charge in [0, 0.05) is 37.3 Å². The maximum Gasteiger partial charge on any atom is 0.415 e. The number of nitrogens with two attached hydrogens (primary N) is 1. The van der Waals surface area contributed by atoms with E-state index in [2.05, 4.69) is 15.2 Å². The van der Waals surface area contributed by atoms with Crippen LogP contribution in [0.2, 0.25) is 0 Å². The van der Waals surface area contributed by atoms with Crippen molar-refractivity contribution in [2.45, 2.75) is 95.3 Å². The Kier molecular flexibility index (Phi) is 7.54. The van der Waals surface area contributed by atoms with Crippen LogP contribution in [0.3, 0.4) is 0 Å². The fraction of sp³-hybridized carbons (Fsp3) is 0.586. The quantitative estimate of drug-likeness (QED) is 0.405. The van der Waals surface area contributed by atoms with Crippen molar-refractivity contribution in [2.24, 2.45) is 5.73 Å². The molecule has 0 unspecified atom stereocenters. The van der Waals surface area contributed by atoms with Gasteiger partial charge in [-0.3, -0.25) is 0 Å². The molecule has 3 aliphatic rings. The lowest BCUT2D eigenvalue weighted by Crippen LogP contribution is -2.43. The van der Waals surface area contributed by atoms with Crippen LogP contribution in [0.15, 0.2) is 30.6 Å². The second kappa shape index (κ2) is 11.4. The van der Waals surface area contributed by atoms with E-state index in [9.17, 15) is 4.79 Å². The van der Waals surface area contributed by atoms with Gasteiger partial charge in [-0.2, -0.15) is 9.97 Å². The summed E-state index contributed by atoms with van der Waals surface area (Å²) < 4.78 is 7.83. The number of nitrogens with one attached hydrogen (secondary N) is 2. The van der Waals surface area contributed by atoms with Gasteiger partial charge in [-0.1, -0.05) is 30.5 Å². The Labute approximate surface area is 229 Å². The van der Waals surface area contributed by atoms with E-state index in [1.54, 1.807) is 4.90 Å². The number of carbonyl (C=O) groups excluding carboxylic acids is 1. The number of hydrogen-bond acceptors (Lipinski definition) is 8. The highest BCUT2D eigenvalue weighted by atomic mass is 16.6. The molecule has 0 radical (unpaired) electrons. The summed E-state index contributed by atoms with van der Waals surface area (Å²) in [5.41, 5.74) is 8.98. The molecule has 1 saturated heterocycles. The normalized spacial score (nSPS) is 22.8. The molecule has 0 atom stereocenters. The molecular formula is C29H40N8O2. The Morgan fingerprint density at radius 3 is 2.33 bits per heavy atom. The van der Waals surface area contributed by atoms with E-state index in [0.717, 1.165) is 61.1 Å². The smallest absolute Gasteiger partial charge is 0.410 e. The van der Waals surface area contributed by atoms with Gasteiger partial charge in [0.2, 0.25) is 5.95 Å². The maximum atomic E-state index is 12.7. The van der Waals surface area contributed by atoms with Crippen molar-refractivity contribution >= 4 is 29.0 Å². The van der Waals surface area contributed by atoms with E-state index in [4.69, 9.17) is 25.4 Å². The number of rotatable bonds is 6. The minimum atomic E-state index is -0.296. The number of anilines is 2. The van der Waals surface area contributed by atoms with E-state index >= 15 is 0 Å². The summed E-state index contributed by atoms with van der Waals surface area (Å²) in [7, 11) is 0. The van der Waals surface area contributed by atoms with Crippen LogP contribution in [0.25, 0.3) is 11.2 Å². The van der Waals surface area contributed by atoms with Crippen molar-refractivity contribution in [2.75, 3.05) is 23.7 Å². The summed E-state index contributed by atoms with van der Waals surface area (Å²) >= 11 is 0. The molecule has 0 bridgehead atoms. The van der Waals surface area contributed by atoms with Gasteiger partial charge in [-0.15, -0.1) is 0 Å². The summed E-state index contributed by atoms with van der Waals surface area (Å²) in [4.78, 5) is 29.1. The van der Waals surface area contributed by atoms with Crippen LogP contribution in [0.1, 0.15) is 75.8 Å². The van der Waals surface area contributed by atoms with Crippen LogP contribution in [-0.2, 0) is 0 Å². The second-order valence-corrected chi connectivity index (χ2v) is 11.5. The van der Waals surface area contributed by atoms with Gasteiger partial charge < -0.3 is 30.6 Å². The molecule has 10 heteroatoms. The first kappa shape index (κ1) is 25.9. The molecule has 3 fully saturated rings. The van der Waals surface area contributed by atoms with Crippen molar-refractivity contribution < 1.29 is 9.53 Å². The van der Waals surface area contributed by atoms with Crippen LogP contribution < -0.4 is 21.1 Å². The predicted octanol–water partition coefficient (Wildman–Crippen LogP) is 5.01. The number of amides is 1. The zero-order valence-corrected chi connectivity index (χ0v) is 22.8. The Hall–Kier alpha value is -3.40. The number of ether oxygens (including phenoxy) is 1. The summed E-state index contributed by atoms with van der Waals surface area (Å²) in [6.07, 6.45) is 12.2. The standard InChI is InChI=1S/C29H40N8O2/c1-19-6-12-24(13-7-19)39-29(38)36-16-14-22(15-17-36)32-26-25-27(37(18-31-25)23-4-2-3-5-23)35-28(34-26)33-21-10-8-20(30)9-11-21/h6-7,12-13,18,20-23H,2-5,8-11,14-17,30H2,1H3,(H2,32,33,34,35). The molecule has 0 spiro atoms. The number of hydrogen-bond donors (Lipinski definition) is 3. The molecule has 1 amide bonds. The van der Waals surface area contributed by atoms with Gasteiger partial charge in [-0.25, -0.2) is 9.78 Å². The van der Waals surface area contributed by atoms with E-state index in [0.29, 0.717) is 42.9 Å². The van der Waals surface area contributed by atoms with Gasteiger partial charge in [0.25, 0.3) is 0 Å². The molecule has 1 aliphatic heterocycles. The Balaban J connectivity index is 1.15. The Morgan fingerprint density at radius 1 is 0.923 bits per heavy atom. The summed E-state index contributed by atoms with van der Waals surface area (Å²) in [5.74, 6) is 2.00. The highest BCUT2D eigenvalue weighted by Crippen LogP contribution is 2.34. The molecule has 1 aromatic carbocycles. The van der Waals surface area contributed by atoms with Crippen molar-refractivity contribution in [3.8, 4) is 5.75 Å². The molecular weight excluding hydrogens is 492 g/mol. The largest absolute Gasteiger partial charge is 0.415 e. The lowest BCUT2D eigenvalue weighted by atomic mass is 9.92. The monoisotopic (exact) mass is 532 g/mol. The molecule has 208 valence electrons. The lowest BCUT2D eigenvalue weighted by molar-refractivity contribution is 0.140. The van der Waals surface area contributed by atoms with Crippen molar-refractivity contribution in [1.29, 1.82) is 0 Å². The highest BCUT2D eigenvalue weighted by molar-refractivity contribution is 5.84. The Morgan fingerprint density at radius 2 is 1.62 bits per heavy atom. The third-order valence-corrected chi connectivity index (χ3v) is 8.56. The van der Waals surface area contributed by atoms with Gasteiger partial charge in [0.1, 0.15) is 5.75 Å². The number of aryl methyl sites for hydroxylation is 1. The average molecular weight is 533 g/mol. The lowest BCUT2D eigenvalue weighted by Gasteiger charge is -2.32. The topological polar surface area (TPSA) is 123 Å². The van der Waals surface area contributed by atoms with Gasteiger partial charge >= 0.3 is 6.09 Å². The summed E-state index contributed by atoms with van der Waals surface area (Å²) in [5, 5.41) is 7.26. The van der Waals surface area contributed by atoms with Crippen molar-refractivity contribution in [3.05, 3.63) is 36.2 Å². The van der Waals surface area contributed by atoms with E-state index in [-0.39, 0.29) is 12.1 Å². The molecule has 6 rings (SSSR count). The minimum absolute atomic E-state index is 0.184. The SMILES string of the molecule is Cc1ccc(OC(=O)N2CCC(Nc3nc(NC4CCC(N)CC4)nc4c3ncn4C3CCCC3)CC2)cc1. The summed E-state index contributed by atoms with van der Waals surface area (Å²) in [6.45, 7) is 3.26. The summed E-state index contributed by atoms with van der Waals surface area (Å²) in [6, 6.07) is 8.82. The third-order valence-electron chi connectivity index (χ3n) is 8.56. The van der Waals surface area contributed by atoms with Crippen LogP contribution in [0, 0.1) is 6.92 Å². The highest BCUT2D eigenvalue weighted by Gasteiger charge is 2.27. The first-order valence-electron chi connectivity index (χ1n) is 14.6. The number of piperidine rings is 1. The van der Waals surface area contributed by atoms with E-state index in [1.165, 1.54) is 25.7 Å². The second-order valence-electron chi connectivity index (χ2n) is 11.5. The van der Waals surface area contributed by atoms with E-state index < -0.39 is 0 Å². The fourth-order valence-electron chi connectivity index (χ4n) is 6.15. The van der Waals surface area contributed by atoms with Crippen LogP contribution in [-0.4, -0.2) is 61.7 Å². The maximum absolute atomic E-state index is 12.7. The Bertz CT molecular complexity index is 1270. The average Bonchev–Trinajstić information content (AvgIpc) is 3.62. The number of benzene rings is 1. The van der Waals surface area contributed by atoms with Crippen molar-refractivity contribution in [3.63, 3.8) is 0 Å². The zero-order valence-electron chi connectivity index (χ0n) is 22.8. The number of aromatic nitrogens is 4. The predicted molar refractivity (Wildman–Crippen MR) is 152 cm³/mol.